The van der Waals surface area contributed by atoms with Gasteiger partial charge in [-0.2, -0.15) is 0 Å². The van der Waals surface area contributed by atoms with Crippen LogP contribution in [0, 0.1) is 0 Å². The Morgan fingerprint density at radius 3 is 2.83 bits per heavy atom. The lowest BCUT2D eigenvalue weighted by atomic mass is 10.1. The number of nitrogens with zero attached hydrogens (tertiary/aromatic N) is 2. The maximum atomic E-state index is 10.9. The Morgan fingerprint density at radius 2 is 2.13 bits per heavy atom. The molecule has 6 nitrogen and oxygen atoms in total. The zero-order chi connectivity index (χ0) is 21.7. The molecule has 0 amide bonds. The van der Waals surface area contributed by atoms with Gasteiger partial charge in [-0.3, -0.25) is 4.79 Å². The van der Waals surface area contributed by atoms with Crippen LogP contribution in [0.2, 0.25) is 5.02 Å². The summed E-state index contributed by atoms with van der Waals surface area (Å²) in [6.45, 7) is 1.96. The van der Waals surface area contributed by atoms with Crippen LogP contribution in [0.3, 0.4) is 0 Å². The van der Waals surface area contributed by atoms with Gasteiger partial charge in [-0.15, -0.1) is 0 Å². The number of allylic oxidation sites excluding steroid dienone is 3. The lowest BCUT2D eigenvalue weighted by Crippen LogP contribution is -2.06. The summed E-state index contributed by atoms with van der Waals surface area (Å²) in [5.41, 5.74) is 8.93. The van der Waals surface area contributed by atoms with Crippen molar-refractivity contribution in [3.63, 3.8) is 0 Å². The molecule has 0 atom stereocenters. The number of hydrogen-bond acceptors (Lipinski definition) is 4. The van der Waals surface area contributed by atoms with Crippen molar-refractivity contribution in [3.8, 4) is 11.5 Å². The Balaban J connectivity index is 1.82. The minimum Gasteiger partial charge on any atom is -0.481 e. The van der Waals surface area contributed by atoms with Gasteiger partial charge in [0.05, 0.1) is 22.7 Å². The van der Waals surface area contributed by atoms with Gasteiger partial charge < -0.3 is 15.3 Å². The summed E-state index contributed by atoms with van der Waals surface area (Å²) < 4.78 is 6.83. The van der Waals surface area contributed by atoms with Crippen LogP contribution in [-0.2, 0) is 11.2 Å². The number of aromatic nitrogens is 1. The number of nitrogens with two attached hydrogens (primary N) is 1. The van der Waals surface area contributed by atoms with Gasteiger partial charge in [0.2, 0.25) is 5.89 Å². The largest absolute Gasteiger partial charge is 0.481 e. The van der Waals surface area contributed by atoms with Crippen molar-refractivity contribution in [1.29, 1.82) is 0 Å². The number of aliphatic imine (C=N–C) groups is 1. The maximum absolute atomic E-state index is 10.9. The topological polar surface area (TPSA) is 102 Å². The predicted molar refractivity (Wildman–Crippen MR) is 124 cm³/mol. The van der Waals surface area contributed by atoms with Gasteiger partial charge in [0, 0.05) is 0 Å². The molecule has 3 rings (SSSR count). The highest BCUT2D eigenvalue weighted by Gasteiger charge is 2.13. The van der Waals surface area contributed by atoms with E-state index in [-0.39, 0.29) is 6.42 Å². The van der Waals surface area contributed by atoms with E-state index in [1.165, 1.54) is 0 Å². The number of amidine groups is 1. The summed E-state index contributed by atoms with van der Waals surface area (Å²) >= 11 is 9.79. The molecule has 0 bridgehead atoms. The molecular weight excluding hydrogens is 470 g/mol. The van der Waals surface area contributed by atoms with E-state index in [2.05, 4.69) is 25.9 Å². The summed E-state index contributed by atoms with van der Waals surface area (Å²) in [4.78, 5) is 19.7. The zero-order valence-corrected chi connectivity index (χ0v) is 18.4. The molecule has 8 heteroatoms. The lowest BCUT2D eigenvalue weighted by molar-refractivity contribution is -0.136. The van der Waals surface area contributed by atoms with Crippen molar-refractivity contribution in [1.82, 2.24) is 4.98 Å². The highest BCUT2D eigenvalue weighted by atomic mass is 79.9. The van der Waals surface area contributed by atoms with Crippen LogP contribution >= 0.6 is 27.5 Å². The summed E-state index contributed by atoms with van der Waals surface area (Å²) in [5.74, 6) is -0.184. The zero-order valence-electron chi connectivity index (χ0n) is 16.1. The molecule has 0 fully saturated rings. The third kappa shape index (κ3) is 5.81. The molecule has 1 aromatic heterocycles. The molecule has 3 aromatic rings. The number of rotatable bonds is 7. The highest BCUT2D eigenvalue weighted by Crippen LogP contribution is 2.33. The Kier molecular flexibility index (Phi) is 7.07. The molecule has 0 aliphatic rings. The average molecular weight is 489 g/mol. The number of fused-ring (bicyclic) bond motifs is 1. The van der Waals surface area contributed by atoms with Crippen LogP contribution in [0.5, 0.6) is 0 Å². The van der Waals surface area contributed by atoms with E-state index in [0.29, 0.717) is 44.7 Å². The maximum Gasteiger partial charge on any atom is 0.307 e. The number of carboxylic acid groups (broad SMARTS) is 1. The first-order valence-electron chi connectivity index (χ1n) is 9.06. The second-order valence-electron chi connectivity index (χ2n) is 6.52. The van der Waals surface area contributed by atoms with E-state index in [1.54, 1.807) is 42.5 Å². The second kappa shape index (κ2) is 9.73. The molecule has 0 unspecified atom stereocenters. The molecule has 2 aromatic carbocycles. The van der Waals surface area contributed by atoms with Crippen molar-refractivity contribution in [2.75, 3.05) is 0 Å². The average Bonchev–Trinajstić information content (AvgIpc) is 3.07. The van der Waals surface area contributed by atoms with E-state index >= 15 is 0 Å². The summed E-state index contributed by atoms with van der Waals surface area (Å²) in [6, 6.07) is 10.3. The quantitative estimate of drug-likeness (QED) is 0.313. The molecule has 154 valence electrons. The molecule has 0 saturated carbocycles. The van der Waals surface area contributed by atoms with Crippen LogP contribution < -0.4 is 5.73 Å². The monoisotopic (exact) mass is 487 g/mol. The first kappa shape index (κ1) is 21.8. The van der Waals surface area contributed by atoms with Crippen LogP contribution in [0.1, 0.15) is 18.9 Å². The molecular formula is C22H19BrClN3O3. The van der Waals surface area contributed by atoms with Gasteiger partial charge in [-0.1, -0.05) is 45.7 Å². The molecule has 1 heterocycles. The number of aliphatic carboxylic acids is 1. The first-order valence-corrected chi connectivity index (χ1v) is 10.2. The van der Waals surface area contributed by atoms with Gasteiger partial charge in [0.15, 0.2) is 5.58 Å². The van der Waals surface area contributed by atoms with Crippen molar-refractivity contribution in [2.24, 2.45) is 10.7 Å². The van der Waals surface area contributed by atoms with Crippen LogP contribution in [0.4, 0.5) is 5.69 Å². The number of hydrogen-bond donors (Lipinski definition) is 2. The Morgan fingerprint density at radius 1 is 1.33 bits per heavy atom. The van der Waals surface area contributed by atoms with Crippen LogP contribution in [0.25, 0.3) is 22.6 Å². The van der Waals surface area contributed by atoms with Gasteiger partial charge in [0.25, 0.3) is 0 Å². The SMILES string of the molecule is C/C(Br)=C\C/C=C/C(N)=Nc1ccc(-c2nc3cc(CC(=O)O)ccc3o2)c(Cl)c1. The number of carboxylic acids is 1. The molecule has 0 spiro atoms. The number of oxazole rings is 1. The Hall–Kier alpha value is -2.90. The normalized spacial score (nSPS) is 12.8. The minimum absolute atomic E-state index is 0.0759. The molecule has 0 saturated heterocycles. The molecule has 3 N–H and O–H groups in total. The third-order valence-electron chi connectivity index (χ3n) is 4.07. The van der Waals surface area contributed by atoms with Gasteiger partial charge in [-0.25, -0.2) is 9.98 Å². The highest BCUT2D eigenvalue weighted by molar-refractivity contribution is 9.11. The van der Waals surface area contributed by atoms with E-state index in [0.717, 1.165) is 10.9 Å². The molecule has 30 heavy (non-hydrogen) atoms. The van der Waals surface area contributed by atoms with E-state index in [4.69, 9.17) is 26.9 Å². The Bertz CT molecular complexity index is 1180. The molecule has 0 aliphatic heterocycles. The van der Waals surface area contributed by atoms with Gasteiger partial charge >= 0.3 is 5.97 Å². The molecule has 0 radical (unpaired) electrons. The van der Waals surface area contributed by atoms with Crippen molar-refractivity contribution >= 4 is 56.1 Å². The lowest BCUT2D eigenvalue weighted by Gasteiger charge is -2.01. The number of benzene rings is 2. The smallest absolute Gasteiger partial charge is 0.307 e. The van der Waals surface area contributed by atoms with Gasteiger partial charge in [-0.05, 0) is 59.8 Å². The summed E-state index contributed by atoms with van der Waals surface area (Å²) in [7, 11) is 0. The van der Waals surface area contributed by atoms with Crippen molar-refractivity contribution in [2.45, 2.75) is 19.8 Å². The fourth-order valence-corrected chi connectivity index (χ4v) is 3.17. The number of halogens is 2. The van der Waals surface area contributed by atoms with Crippen LogP contribution in [-0.4, -0.2) is 21.9 Å². The van der Waals surface area contributed by atoms with Crippen molar-refractivity contribution < 1.29 is 14.3 Å². The summed E-state index contributed by atoms with van der Waals surface area (Å²) in [5, 5.41) is 9.36. The second-order valence-corrected chi connectivity index (χ2v) is 8.18. The fraction of sp³-hybridized carbons (Fsp3) is 0.136. The fourth-order valence-electron chi connectivity index (χ4n) is 2.73. The minimum atomic E-state index is -0.902. The molecule has 0 aliphatic carbocycles. The van der Waals surface area contributed by atoms with E-state index in [1.807, 2.05) is 19.1 Å². The van der Waals surface area contributed by atoms with E-state index in [9.17, 15) is 4.79 Å². The Labute approximate surface area is 186 Å². The standard InChI is InChI=1S/C22H19BrClN3O3/c1-13(23)4-2-3-5-20(25)26-15-7-8-16(17(24)12-15)22-27-18-10-14(11-21(28)29)6-9-19(18)30-22/h3-10,12H,2,11H2,1H3,(H2,25,26)(H,28,29)/b5-3+,13-4+. The third-order valence-corrected chi connectivity index (χ3v) is 4.71. The van der Waals surface area contributed by atoms with Crippen LogP contribution in [0.15, 0.2) is 68.5 Å². The predicted octanol–water partition coefficient (Wildman–Crippen LogP) is 6.01. The van der Waals surface area contributed by atoms with Gasteiger partial charge in [0.1, 0.15) is 11.4 Å². The summed E-state index contributed by atoms with van der Waals surface area (Å²) in [6.07, 6.45) is 6.34. The number of carbonyl (C=O) groups is 1. The van der Waals surface area contributed by atoms with Crippen molar-refractivity contribution in [3.05, 3.63) is 69.7 Å². The van der Waals surface area contributed by atoms with E-state index < -0.39 is 5.97 Å². The first-order chi connectivity index (χ1) is 14.3.